The van der Waals surface area contributed by atoms with E-state index in [2.05, 4.69) is 26.9 Å². The monoisotopic (exact) mass is 454 g/mol. The van der Waals surface area contributed by atoms with Crippen molar-refractivity contribution in [2.45, 2.75) is 39.0 Å². The second-order valence-electron chi connectivity index (χ2n) is 8.96. The van der Waals surface area contributed by atoms with Gasteiger partial charge in [0.15, 0.2) is 0 Å². The van der Waals surface area contributed by atoms with E-state index in [1.165, 1.54) is 11.2 Å². The van der Waals surface area contributed by atoms with Gasteiger partial charge in [-0.1, -0.05) is 12.0 Å². The van der Waals surface area contributed by atoms with Crippen LogP contribution in [0.4, 0.5) is 5.82 Å². The van der Waals surface area contributed by atoms with E-state index in [4.69, 9.17) is 12.2 Å². The number of fused-ring (bicyclic) bond motifs is 1. The number of aryl methyl sites for hydroxylation is 2. The van der Waals surface area contributed by atoms with E-state index in [1.807, 2.05) is 24.6 Å². The number of likely N-dealkylation sites (tertiary alicyclic amines) is 1. The lowest BCUT2D eigenvalue weighted by Crippen LogP contribution is -2.37. The maximum Gasteiger partial charge on any atom is 0.232 e. The molecule has 8 nitrogen and oxygen atoms in total. The number of nitrogens with two attached hydrogens (primary N) is 1. The fraction of sp³-hybridized carbons (Fsp3) is 0.346. The summed E-state index contributed by atoms with van der Waals surface area (Å²) in [5, 5.41) is 0.797. The lowest BCUT2D eigenvalue weighted by Gasteiger charge is -2.25. The van der Waals surface area contributed by atoms with E-state index >= 15 is 0 Å². The first-order valence-electron chi connectivity index (χ1n) is 11.5. The van der Waals surface area contributed by atoms with Gasteiger partial charge in [0.2, 0.25) is 11.8 Å². The topological polar surface area (TPSA) is 107 Å². The van der Waals surface area contributed by atoms with Crippen molar-refractivity contribution >= 4 is 34.2 Å². The van der Waals surface area contributed by atoms with Gasteiger partial charge < -0.3 is 10.3 Å². The molecule has 1 aliphatic heterocycles. The Morgan fingerprint density at radius 3 is 2.74 bits per heavy atom. The normalized spacial score (nSPS) is 18.3. The van der Waals surface area contributed by atoms with E-state index in [1.54, 1.807) is 6.20 Å². The lowest BCUT2D eigenvalue weighted by molar-refractivity contribution is -0.144. The highest BCUT2D eigenvalue weighted by Gasteiger charge is 2.34. The maximum absolute atomic E-state index is 12.9. The van der Waals surface area contributed by atoms with Gasteiger partial charge in [-0.05, 0) is 49.8 Å². The summed E-state index contributed by atoms with van der Waals surface area (Å²) in [6.07, 6.45) is 14.1. The lowest BCUT2D eigenvalue weighted by atomic mass is 9.84. The van der Waals surface area contributed by atoms with Gasteiger partial charge in [0.25, 0.3) is 0 Å². The van der Waals surface area contributed by atoms with Crippen molar-refractivity contribution in [3.8, 4) is 23.6 Å². The first-order chi connectivity index (χ1) is 16.4. The third-order valence-electron chi connectivity index (χ3n) is 6.93. The second kappa shape index (κ2) is 8.41. The molecule has 2 amide bonds. The Morgan fingerprint density at radius 1 is 1.26 bits per heavy atom. The first-order valence-corrected chi connectivity index (χ1v) is 11.5. The SMILES string of the molecule is C#Cc1cc(C)c(-c2c(C3=CC[C@H](C(=O)N4CCCC4=O)CC3)c3c(N)ncnc3n2C)cn1. The number of anilines is 1. The molecule has 3 aromatic heterocycles. The zero-order valence-electron chi connectivity index (χ0n) is 19.3. The molecule has 2 aliphatic rings. The Hall–Kier alpha value is -3.99. The summed E-state index contributed by atoms with van der Waals surface area (Å²) in [5.74, 6) is 2.70. The van der Waals surface area contributed by atoms with Crippen molar-refractivity contribution in [1.29, 1.82) is 0 Å². The Labute approximate surface area is 197 Å². The average Bonchev–Trinajstić information content (AvgIpc) is 3.40. The van der Waals surface area contributed by atoms with E-state index in [-0.39, 0.29) is 17.7 Å². The van der Waals surface area contributed by atoms with Gasteiger partial charge in [0.05, 0.1) is 11.1 Å². The molecule has 3 aromatic rings. The zero-order valence-corrected chi connectivity index (χ0v) is 19.3. The van der Waals surface area contributed by atoms with Crippen LogP contribution in [-0.4, -0.2) is 42.8 Å². The number of carbonyl (C=O) groups excluding carboxylic acids is 2. The van der Waals surface area contributed by atoms with Gasteiger partial charge in [0.1, 0.15) is 23.5 Å². The number of aromatic nitrogens is 4. The molecular formula is C26H26N6O2. The molecule has 1 saturated heterocycles. The summed E-state index contributed by atoms with van der Waals surface area (Å²) in [5.41, 5.74) is 12.6. The fourth-order valence-electron chi connectivity index (χ4n) is 5.17. The van der Waals surface area contributed by atoms with Gasteiger partial charge >= 0.3 is 0 Å². The van der Waals surface area contributed by atoms with E-state index in [0.717, 1.165) is 45.4 Å². The molecule has 4 heterocycles. The molecule has 0 aromatic carbocycles. The highest BCUT2D eigenvalue weighted by atomic mass is 16.2. The van der Waals surface area contributed by atoms with Gasteiger partial charge in [-0.15, -0.1) is 6.42 Å². The van der Waals surface area contributed by atoms with E-state index in [0.29, 0.717) is 43.7 Å². The van der Waals surface area contributed by atoms with Crippen LogP contribution < -0.4 is 5.73 Å². The Balaban J connectivity index is 1.61. The van der Waals surface area contributed by atoms with Crippen LogP contribution in [-0.2, 0) is 16.6 Å². The van der Waals surface area contributed by atoms with Crippen molar-refractivity contribution in [3.63, 3.8) is 0 Å². The Bertz CT molecular complexity index is 1410. The molecule has 0 unspecified atom stereocenters. The summed E-state index contributed by atoms with van der Waals surface area (Å²) < 4.78 is 2.02. The fourth-order valence-corrected chi connectivity index (χ4v) is 5.17. The summed E-state index contributed by atoms with van der Waals surface area (Å²) in [6.45, 7) is 2.54. The molecule has 34 heavy (non-hydrogen) atoms. The van der Waals surface area contributed by atoms with Crippen molar-refractivity contribution in [3.05, 3.63) is 41.5 Å². The Kier molecular flexibility index (Phi) is 5.40. The molecule has 0 spiro atoms. The quantitative estimate of drug-likeness (QED) is 0.481. The molecule has 0 radical (unpaired) electrons. The number of allylic oxidation sites excluding steroid dienone is 2. The third kappa shape index (κ3) is 3.45. The van der Waals surface area contributed by atoms with Crippen LogP contribution in [0.2, 0.25) is 0 Å². The molecule has 8 heteroatoms. The average molecular weight is 455 g/mol. The number of nitrogens with zero attached hydrogens (tertiary/aromatic N) is 5. The smallest absolute Gasteiger partial charge is 0.232 e. The summed E-state index contributed by atoms with van der Waals surface area (Å²) in [7, 11) is 1.96. The number of pyridine rings is 1. The highest BCUT2D eigenvalue weighted by Crippen LogP contribution is 2.43. The van der Waals surface area contributed by atoms with Gasteiger partial charge in [0, 0.05) is 43.3 Å². The van der Waals surface area contributed by atoms with Gasteiger partial charge in [-0.25, -0.2) is 15.0 Å². The predicted molar refractivity (Wildman–Crippen MR) is 130 cm³/mol. The summed E-state index contributed by atoms with van der Waals surface area (Å²) in [4.78, 5) is 39.6. The number of terminal acetylenes is 1. The largest absolute Gasteiger partial charge is 0.383 e. The standard InChI is InChI=1S/C26H26N6O2/c1-4-18-12-15(2)19(13-28-18)23-21(22-24(27)29-14-30-25(22)31(23)3)16-7-9-17(10-8-16)26(34)32-11-5-6-20(32)33/h1,7,12-14,17H,5-6,8-11H2,2-3H3,(H2,27,29,30)/t17-/m0/s1. The highest BCUT2D eigenvalue weighted by molar-refractivity contribution is 6.05. The molecule has 5 rings (SSSR count). The molecule has 2 N–H and O–H groups in total. The minimum absolute atomic E-state index is 0.0521. The minimum atomic E-state index is -0.184. The van der Waals surface area contributed by atoms with Crippen molar-refractivity contribution in [2.75, 3.05) is 12.3 Å². The predicted octanol–water partition coefficient (Wildman–Crippen LogP) is 3.23. The van der Waals surface area contributed by atoms with Crippen LogP contribution in [0, 0.1) is 25.2 Å². The van der Waals surface area contributed by atoms with Gasteiger partial charge in [-0.3, -0.25) is 14.5 Å². The molecular weight excluding hydrogens is 428 g/mol. The van der Waals surface area contributed by atoms with Crippen LogP contribution in [0.1, 0.15) is 48.9 Å². The van der Waals surface area contributed by atoms with Crippen LogP contribution >= 0.6 is 0 Å². The molecule has 1 atom stereocenters. The maximum atomic E-state index is 12.9. The first kappa shape index (κ1) is 21.8. The third-order valence-corrected chi connectivity index (χ3v) is 6.93. The zero-order chi connectivity index (χ0) is 24.0. The number of amides is 2. The molecule has 0 bridgehead atoms. The number of hydrogen-bond acceptors (Lipinski definition) is 6. The van der Waals surface area contributed by atoms with Crippen LogP contribution in [0.25, 0.3) is 27.9 Å². The van der Waals surface area contributed by atoms with Crippen LogP contribution in [0.15, 0.2) is 24.7 Å². The van der Waals surface area contributed by atoms with Crippen molar-refractivity contribution in [2.24, 2.45) is 13.0 Å². The number of carbonyl (C=O) groups is 2. The van der Waals surface area contributed by atoms with Crippen LogP contribution in [0.3, 0.4) is 0 Å². The number of imide groups is 1. The second-order valence-corrected chi connectivity index (χ2v) is 8.96. The summed E-state index contributed by atoms with van der Waals surface area (Å²) >= 11 is 0. The minimum Gasteiger partial charge on any atom is -0.383 e. The number of rotatable bonds is 3. The van der Waals surface area contributed by atoms with E-state index < -0.39 is 0 Å². The summed E-state index contributed by atoms with van der Waals surface area (Å²) in [6, 6.07) is 1.89. The number of nitrogen functional groups attached to an aromatic ring is 1. The number of hydrogen-bond donors (Lipinski definition) is 1. The van der Waals surface area contributed by atoms with Gasteiger partial charge in [-0.2, -0.15) is 0 Å². The van der Waals surface area contributed by atoms with Crippen molar-refractivity contribution < 1.29 is 9.59 Å². The van der Waals surface area contributed by atoms with Crippen LogP contribution in [0.5, 0.6) is 0 Å². The molecule has 0 saturated carbocycles. The molecule has 172 valence electrons. The molecule has 1 aliphatic carbocycles. The molecule has 1 fully saturated rings. The Morgan fingerprint density at radius 2 is 2.09 bits per heavy atom. The van der Waals surface area contributed by atoms with Crippen molar-refractivity contribution in [1.82, 2.24) is 24.4 Å². The van der Waals surface area contributed by atoms with E-state index in [9.17, 15) is 9.59 Å².